The van der Waals surface area contributed by atoms with Crippen LogP contribution in [0.3, 0.4) is 0 Å². The first-order chi connectivity index (χ1) is 6.18. The van der Waals surface area contributed by atoms with Gasteiger partial charge in [0.1, 0.15) is 0 Å². The highest BCUT2D eigenvalue weighted by atomic mass is 16.5. The van der Waals surface area contributed by atoms with Crippen molar-refractivity contribution in [2.24, 2.45) is 5.92 Å². The van der Waals surface area contributed by atoms with E-state index in [1.165, 1.54) is 25.7 Å². The molecule has 1 aliphatic carbocycles. The van der Waals surface area contributed by atoms with Crippen molar-refractivity contribution in [1.29, 1.82) is 0 Å². The molecule has 2 unspecified atom stereocenters. The Morgan fingerprint density at radius 3 is 2.62 bits per heavy atom. The van der Waals surface area contributed by atoms with Gasteiger partial charge in [-0.2, -0.15) is 0 Å². The Morgan fingerprint density at radius 1 is 1.31 bits per heavy atom. The molecule has 1 saturated heterocycles. The van der Waals surface area contributed by atoms with Gasteiger partial charge in [-0.25, -0.2) is 0 Å². The summed E-state index contributed by atoms with van der Waals surface area (Å²) in [5, 5.41) is 3.28. The van der Waals surface area contributed by atoms with Crippen LogP contribution in [0.2, 0.25) is 0 Å². The Balaban J connectivity index is 1.80. The van der Waals surface area contributed by atoms with Crippen molar-refractivity contribution < 1.29 is 4.74 Å². The van der Waals surface area contributed by atoms with Crippen molar-refractivity contribution >= 4 is 0 Å². The summed E-state index contributed by atoms with van der Waals surface area (Å²) < 4.78 is 6.12. The van der Waals surface area contributed by atoms with Crippen LogP contribution in [0.4, 0.5) is 0 Å². The molecule has 1 heterocycles. The summed E-state index contributed by atoms with van der Waals surface area (Å²) in [7, 11) is 0. The first-order valence-electron chi connectivity index (χ1n) is 5.56. The molecular weight excluding hydrogens is 162 g/mol. The molecule has 2 nitrogen and oxygen atoms in total. The summed E-state index contributed by atoms with van der Waals surface area (Å²) in [6.45, 7) is 6.65. The highest BCUT2D eigenvalue weighted by Crippen LogP contribution is 2.29. The fourth-order valence-corrected chi connectivity index (χ4v) is 2.45. The van der Waals surface area contributed by atoms with Gasteiger partial charge in [0.15, 0.2) is 0 Å². The van der Waals surface area contributed by atoms with Gasteiger partial charge >= 0.3 is 0 Å². The zero-order chi connectivity index (χ0) is 9.31. The fraction of sp³-hybridized carbons (Fsp3) is 1.00. The van der Waals surface area contributed by atoms with Gasteiger partial charge in [0.2, 0.25) is 0 Å². The molecule has 1 saturated carbocycles. The lowest BCUT2D eigenvalue weighted by Gasteiger charge is -2.43. The molecule has 1 aliphatic heterocycles. The number of hydrogen-bond acceptors (Lipinski definition) is 2. The van der Waals surface area contributed by atoms with Crippen LogP contribution in [-0.2, 0) is 4.74 Å². The van der Waals surface area contributed by atoms with Gasteiger partial charge < -0.3 is 10.1 Å². The van der Waals surface area contributed by atoms with E-state index in [1.807, 2.05) is 0 Å². The molecule has 0 spiro atoms. The number of hydrogen-bond donors (Lipinski definition) is 1. The number of rotatable bonds is 2. The van der Waals surface area contributed by atoms with Crippen molar-refractivity contribution in [3.63, 3.8) is 0 Å². The average Bonchev–Trinajstić information content (AvgIpc) is 2.01. The van der Waals surface area contributed by atoms with E-state index in [2.05, 4.69) is 19.2 Å². The monoisotopic (exact) mass is 183 g/mol. The maximum atomic E-state index is 6.12. The molecule has 0 aromatic carbocycles. The number of nitrogens with one attached hydrogen (secondary N) is 1. The lowest BCUT2D eigenvalue weighted by molar-refractivity contribution is -0.125. The summed E-state index contributed by atoms with van der Waals surface area (Å²) in [6, 6.07) is 0. The zero-order valence-corrected chi connectivity index (χ0v) is 8.81. The van der Waals surface area contributed by atoms with E-state index < -0.39 is 0 Å². The molecule has 1 N–H and O–H groups in total. The van der Waals surface area contributed by atoms with Gasteiger partial charge in [-0.15, -0.1) is 0 Å². The second kappa shape index (κ2) is 3.58. The van der Waals surface area contributed by atoms with E-state index >= 15 is 0 Å². The molecule has 2 rings (SSSR count). The average molecular weight is 183 g/mol. The Labute approximate surface area is 81.0 Å². The van der Waals surface area contributed by atoms with Crippen LogP contribution < -0.4 is 5.32 Å². The minimum Gasteiger partial charge on any atom is -0.369 e. The molecule has 2 aliphatic rings. The molecule has 0 aromatic rings. The van der Waals surface area contributed by atoms with E-state index in [0.717, 1.165) is 19.0 Å². The molecular formula is C11H21NO. The highest BCUT2D eigenvalue weighted by molar-refractivity contribution is 4.91. The largest absolute Gasteiger partial charge is 0.369 e. The lowest BCUT2D eigenvalue weighted by atomic mass is 9.87. The van der Waals surface area contributed by atoms with E-state index in [4.69, 9.17) is 4.74 Å². The third kappa shape index (κ3) is 2.23. The summed E-state index contributed by atoms with van der Waals surface area (Å²) in [5.41, 5.74) is 0.154. The van der Waals surface area contributed by atoms with Gasteiger partial charge in [0.25, 0.3) is 0 Å². The van der Waals surface area contributed by atoms with Crippen molar-refractivity contribution in [3.05, 3.63) is 0 Å². The first kappa shape index (κ1) is 9.47. The smallest absolute Gasteiger partial charge is 0.0905 e. The zero-order valence-electron chi connectivity index (χ0n) is 8.81. The highest BCUT2D eigenvalue weighted by Gasteiger charge is 2.36. The summed E-state index contributed by atoms with van der Waals surface area (Å²) in [4.78, 5) is 0. The Kier molecular flexibility index (Phi) is 2.61. The van der Waals surface area contributed by atoms with Gasteiger partial charge in [-0.1, -0.05) is 19.8 Å². The SMILES string of the molecule is CC1CCCC(OC2(C)CNC2)C1. The minimum atomic E-state index is 0.154. The van der Waals surface area contributed by atoms with Crippen LogP contribution in [0.25, 0.3) is 0 Å². The topological polar surface area (TPSA) is 21.3 Å². The van der Waals surface area contributed by atoms with E-state index in [1.54, 1.807) is 0 Å². The maximum absolute atomic E-state index is 6.12. The van der Waals surface area contributed by atoms with Gasteiger partial charge in [-0.3, -0.25) is 0 Å². The van der Waals surface area contributed by atoms with Crippen LogP contribution in [0, 0.1) is 5.92 Å². The van der Waals surface area contributed by atoms with Crippen LogP contribution >= 0.6 is 0 Å². The Morgan fingerprint density at radius 2 is 2.08 bits per heavy atom. The quantitative estimate of drug-likeness (QED) is 0.706. The Hall–Kier alpha value is -0.0800. The van der Waals surface area contributed by atoms with Crippen molar-refractivity contribution in [3.8, 4) is 0 Å². The summed E-state index contributed by atoms with van der Waals surface area (Å²) in [6.07, 6.45) is 5.84. The molecule has 0 aromatic heterocycles. The fourth-order valence-electron chi connectivity index (χ4n) is 2.45. The molecule has 2 atom stereocenters. The Bertz CT molecular complexity index is 177. The van der Waals surface area contributed by atoms with Gasteiger partial charge in [0.05, 0.1) is 11.7 Å². The molecule has 0 radical (unpaired) electrons. The van der Waals surface area contributed by atoms with E-state index in [9.17, 15) is 0 Å². The van der Waals surface area contributed by atoms with Gasteiger partial charge in [-0.05, 0) is 25.7 Å². The minimum absolute atomic E-state index is 0.154. The van der Waals surface area contributed by atoms with E-state index in [-0.39, 0.29) is 5.60 Å². The van der Waals surface area contributed by atoms with Crippen LogP contribution in [-0.4, -0.2) is 24.8 Å². The van der Waals surface area contributed by atoms with E-state index in [0.29, 0.717) is 6.10 Å². The van der Waals surface area contributed by atoms with Gasteiger partial charge in [0, 0.05) is 13.1 Å². The summed E-state index contributed by atoms with van der Waals surface area (Å²) in [5.74, 6) is 0.871. The molecule has 2 heteroatoms. The molecule has 0 amide bonds. The third-order valence-corrected chi connectivity index (χ3v) is 3.34. The maximum Gasteiger partial charge on any atom is 0.0905 e. The normalized spacial score (nSPS) is 38.3. The second-order valence-corrected chi connectivity index (χ2v) is 5.07. The standard InChI is InChI=1S/C11H21NO/c1-9-4-3-5-10(6-9)13-11(2)7-12-8-11/h9-10,12H,3-8H2,1-2H3. The third-order valence-electron chi connectivity index (χ3n) is 3.34. The molecule has 76 valence electrons. The molecule has 0 bridgehead atoms. The van der Waals surface area contributed by atoms with Crippen molar-refractivity contribution in [1.82, 2.24) is 5.32 Å². The van der Waals surface area contributed by atoms with Crippen LogP contribution in [0.15, 0.2) is 0 Å². The predicted octanol–water partition coefficient (Wildman–Crippen LogP) is 1.94. The first-order valence-corrected chi connectivity index (χ1v) is 5.56. The molecule has 2 fully saturated rings. The number of ether oxygens (including phenoxy) is 1. The van der Waals surface area contributed by atoms with Crippen molar-refractivity contribution in [2.75, 3.05) is 13.1 Å². The van der Waals surface area contributed by atoms with Crippen molar-refractivity contribution in [2.45, 2.75) is 51.2 Å². The van der Waals surface area contributed by atoms with Crippen LogP contribution in [0.1, 0.15) is 39.5 Å². The molecule has 13 heavy (non-hydrogen) atoms. The lowest BCUT2D eigenvalue weighted by Crippen LogP contribution is -2.60. The predicted molar refractivity (Wildman–Crippen MR) is 53.8 cm³/mol. The van der Waals surface area contributed by atoms with Crippen LogP contribution in [0.5, 0.6) is 0 Å². The second-order valence-electron chi connectivity index (χ2n) is 5.07. The summed E-state index contributed by atoms with van der Waals surface area (Å²) >= 11 is 0.